The van der Waals surface area contributed by atoms with E-state index >= 15 is 0 Å². The molecule has 0 spiro atoms. The lowest BCUT2D eigenvalue weighted by Gasteiger charge is -2.05. The van der Waals surface area contributed by atoms with Crippen molar-refractivity contribution in [2.45, 2.75) is 38.9 Å². The summed E-state index contributed by atoms with van der Waals surface area (Å²) in [7, 11) is 0. The van der Waals surface area contributed by atoms with Crippen LogP contribution in [0.1, 0.15) is 36.7 Å². The van der Waals surface area contributed by atoms with Crippen LogP contribution in [-0.2, 0) is 19.0 Å². The van der Waals surface area contributed by atoms with Gasteiger partial charge in [0.25, 0.3) is 0 Å². The highest BCUT2D eigenvalue weighted by atomic mass is 35.5. The van der Waals surface area contributed by atoms with E-state index in [0.29, 0.717) is 11.9 Å². The predicted octanol–water partition coefficient (Wildman–Crippen LogP) is 3.49. The molecular formula is C15H20ClN3. The highest BCUT2D eigenvalue weighted by Crippen LogP contribution is 2.07. The third kappa shape index (κ3) is 4.08. The number of aromatic nitrogens is 2. The Balaban J connectivity index is 1.81. The van der Waals surface area contributed by atoms with E-state index in [9.17, 15) is 0 Å². The van der Waals surface area contributed by atoms with E-state index in [1.54, 1.807) is 0 Å². The topological polar surface area (TPSA) is 29.9 Å². The maximum Gasteiger partial charge on any atom is 0.0762 e. The van der Waals surface area contributed by atoms with Gasteiger partial charge in [0, 0.05) is 31.2 Å². The lowest BCUT2D eigenvalue weighted by molar-refractivity contribution is 0.521. The van der Waals surface area contributed by atoms with Crippen LogP contribution in [-0.4, -0.2) is 9.78 Å². The van der Waals surface area contributed by atoms with Gasteiger partial charge in [-0.1, -0.05) is 24.3 Å². The van der Waals surface area contributed by atoms with Gasteiger partial charge in [0.15, 0.2) is 0 Å². The Morgan fingerprint density at radius 1 is 1.11 bits per heavy atom. The molecule has 0 bridgehead atoms. The van der Waals surface area contributed by atoms with Crippen LogP contribution in [0.3, 0.4) is 0 Å². The lowest BCUT2D eigenvalue weighted by Crippen LogP contribution is -2.13. The molecule has 0 aliphatic heterocycles. The van der Waals surface area contributed by atoms with Crippen molar-refractivity contribution >= 4 is 11.6 Å². The average Bonchev–Trinajstić information content (AvgIpc) is 2.89. The summed E-state index contributed by atoms with van der Waals surface area (Å²) < 4.78 is 1.98. The van der Waals surface area contributed by atoms with Crippen molar-refractivity contribution in [3.05, 3.63) is 53.3 Å². The van der Waals surface area contributed by atoms with Crippen LogP contribution in [0.5, 0.6) is 0 Å². The second-order valence-electron chi connectivity index (χ2n) is 4.93. The van der Waals surface area contributed by atoms with Crippen LogP contribution in [0, 0.1) is 0 Å². The van der Waals surface area contributed by atoms with Crippen LogP contribution in [0.4, 0.5) is 0 Å². The molecule has 0 saturated heterocycles. The average molecular weight is 278 g/mol. The van der Waals surface area contributed by atoms with Crippen molar-refractivity contribution in [2.75, 3.05) is 0 Å². The molecule has 0 amide bonds. The van der Waals surface area contributed by atoms with E-state index in [-0.39, 0.29) is 0 Å². The maximum atomic E-state index is 5.77. The first-order chi connectivity index (χ1) is 9.19. The van der Waals surface area contributed by atoms with E-state index in [1.807, 2.05) is 10.9 Å². The van der Waals surface area contributed by atoms with Gasteiger partial charge < -0.3 is 5.32 Å². The number of nitrogens with zero attached hydrogens (tertiary/aromatic N) is 2. The zero-order valence-corrected chi connectivity index (χ0v) is 12.2. The zero-order valence-electron chi connectivity index (χ0n) is 11.4. The predicted molar refractivity (Wildman–Crippen MR) is 79.2 cm³/mol. The first-order valence-electron chi connectivity index (χ1n) is 6.57. The zero-order chi connectivity index (χ0) is 13.7. The number of benzene rings is 1. The molecule has 1 heterocycles. The van der Waals surface area contributed by atoms with E-state index in [4.69, 9.17) is 11.6 Å². The third-order valence-corrected chi connectivity index (χ3v) is 3.31. The minimum Gasteiger partial charge on any atom is -0.307 e. The van der Waals surface area contributed by atoms with Crippen molar-refractivity contribution in [2.24, 2.45) is 0 Å². The SMILES string of the molecule is CC(C)n1ccc(CNCc2ccc(CCl)cc2)n1. The normalized spacial score (nSPS) is 11.2. The Bertz CT molecular complexity index is 502. The summed E-state index contributed by atoms with van der Waals surface area (Å²) in [4.78, 5) is 0. The molecule has 1 aromatic heterocycles. The Morgan fingerprint density at radius 3 is 2.37 bits per heavy atom. The van der Waals surface area contributed by atoms with E-state index in [0.717, 1.165) is 24.3 Å². The van der Waals surface area contributed by atoms with E-state index in [2.05, 4.69) is 54.6 Å². The Morgan fingerprint density at radius 2 is 1.79 bits per heavy atom. The Hall–Kier alpha value is -1.32. The quantitative estimate of drug-likeness (QED) is 0.819. The summed E-state index contributed by atoms with van der Waals surface area (Å²) in [5.41, 5.74) is 3.49. The first kappa shape index (κ1) is 14.1. The molecule has 19 heavy (non-hydrogen) atoms. The van der Waals surface area contributed by atoms with Gasteiger partial charge in [0.2, 0.25) is 0 Å². The van der Waals surface area contributed by atoms with Crippen LogP contribution < -0.4 is 5.32 Å². The van der Waals surface area contributed by atoms with E-state index in [1.165, 1.54) is 5.56 Å². The minimum atomic E-state index is 0.414. The van der Waals surface area contributed by atoms with Crippen molar-refractivity contribution < 1.29 is 0 Å². The number of nitrogens with one attached hydrogen (secondary N) is 1. The van der Waals surface area contributed by atoms with Gasteiger partial charge >= 0.3 is 0 Å². The highest BCUT2D eigenvalue weighted by molar-refractivity contribution is 6.17. The molecule has 4 heteroatoms. The summed E-state index contributed by atoms with van der Waals surface area (Å²) in [5.74, 6) is 0.570. The standard InChI is InChI=1S/C15H20ClN3/c1-12(2)19-8-7-15(18-19)11-17-10-14-5-3-13(9-16)4-6-14/h3-8,12,17H,9-11H2,1-2H3. The Labute approximate surface area is 119 Å². The summed E-state index contributed by atoms with van der Waals surface area (Å²) >= 11 is 5.77. The van der Waals surface area contributed by atoms with Crippen molar-refractivity contribution in [3.8, 4) is 0 Å². The molecule has 1 aromatic carbocycles. The first-order valence-corrected chi connectivity index (χ1v) is 7.11. The molecule has 0 saturated carbocycles. The van der Waals surface area contributed by atoms with Crippen LogP contribution in [0.2, 0.25) is 0 Å². The monoisotopic (exact) mass is 277 g/mol. The van der Waals surface area contributed by atoms with Crippen LogP contribution in [0.25, 0.3) is 0 Å². The molecule has 0 aliphatic carbocycles. The molecule has 0 aliphatic rings. The fourth-order valence-corrected chi connectivity index (χ4v) is 2.02. The number of alkyl halides is 1. The lowest BCUT2D eigenvalue weighted by atomic mass is 10.1. The molecule has 102 valence electrons. The highest BCUT2D eigenvalue weighted by Gasteiger charge is 2.01. The fraction of sp³-hybridized carbons (Fsp3) is 0.400. The molecule has 1 N–H and O–H groups in total. The number of hydrogen-bond donors (Lipinski definition) is 1. The van der Waals surface area contributed by atoms with Crippen molar-refractivity contribution in [1.29, 1.82) is 0 Å². The summed E-state index contributed by atoms with van der Waals surface area (Å²) in [5, 5.41) is 7.90. The summed E-state index contributed by atoms with van der Waals surface area (Å²) in [6.07, 6.45) is 2.02. The van der Waals surface area contributed by atoms with Crippen molar-refractivity contribution in [1.82, 2.24) is 15.1 Å². The molecule has 2 aromatic rings. The second-order valence-corrected chi connectivity index (χ2v) is 5.20. The van der Waals surface area contributed by atoms with Crippen LogP contribution >= 0.6 is 11.6 Å². The smallest absolute Gasteiger partial charge is 0.0762 e. The minimum absolute atomic E-state index is 0.414. The summed E-state index contributed by atoms with van der Waals surface area (Å²) in [6, 6.07) is 10.8. The van der Waals surface area contributed by atoms with Crippen LogP contribution in [0.15, 0.2) is 36.5 Å². The van der Waals surface area contributed by atoms with Gasteiger partial charge in [-0.15, -0.1) is 11.6 Å². The largest absolute Gasteiger partial charge is 0.307 e. The number of rotatable bonds is 6. The Kier molecular flexibility index (Phi) is 5.00. The third-order valence-electron chi connectivity index (χ3n) is 3.01. The molecule has 0 atom stereocenters. The van der Waals surface area contributed by atoms with Crippen molar-refractivity contribution in [3.63, 3.8) is 0 Å². The molecular weight excluding hydrogens is 258 g/mol. The van der Waals surface area contributed by atoms with E-state index < -0.39 is 0 Å². The number of hydrogen-bond acceptors (Lipinski definition) is 2. The number of halogens is 1. The van der Waals surface area contributed by atoms with Gasteiger partial charge in [-0.25, -0.2) is 0 Å². The summed E-state index contributed by atoms with van der Waals surface area (Å²) in [6.45, 7) is 5.89. The van der Waals surface area contributed by atoms with Gasteiger partial charge in [-0.05, 0) is 31.0 Å². The van der Waals surface area contributed by atoms with Gasteiger partial charge in [0.1, 0.15) is 0 Å². The van der Waals surface area contributed by atoms with Gasteiger partial charge in [-0.3, -0.25) is 4.68 Å². The maximum absolute atomic E-state index is 5.77. The fourth-order valence-electron chi connectivity index (χ4n) is 1.84. The molecule has 0 unspecified atom stereocenters. The molecule has 2 rings (SSSR count). The second kappa shape index (κ2) is 6.73. The van der Waals surface area contributed by atoms with Gasteiger partial charge in [0.05, 0.1) is 5.69 Å². The molecule has 0 fully saturated rings. The molecule has 0 radical (unpaired) electrons. The van der Waals surface area contributed by atoms with Gasteiger partial charge in [-0.2, -0.15) is 5.10 Å². The molecule has 3 nitrogen and oxygen atoms in total.